The smallest absolute Gasteiger partial charge is 0.137 e. The summed E-state index contributed by atoms with van der Waals surface area (Å²) in [6.45, 7) is 0. The van der Waals surface area contributed by atoms with E-state index in [0.717, 1.165) is 28.6 Å². The summed E-state index contributed by atoms with van der Waals surface area (Å²) in [7, 11) is 0. The highest BCUT2D eigenvalue weighted by atomic mass is 19.1. The maximum absolute atomic E-state index is 13.3. The molecule has 2 fully saturated rings. The van der Waals surface area contributed by atoms with Crippen LogP contribution in [-0.2, 0) is 0 Å². The van der Waals surface area contributed by atoms with Gasteiger partial charge >= 0.3 is 0 Å². The molecular formula is C14H14FN3. The number of anilines is 1. The zero-order chi connectivity index (χ0) is 12.1. The highest BCUT2D eigenvalue weighted by Gasteiger charge is 2.52. The van der Waals surface area contributed by atoms with E-state index in [-0.39, 0.29) is 5.82 Å². The van der Waals surface area contributed by atoms with Gasteiger partial charge in [-0.05, 0) is 42.9 Å². The van der Waals surface area contributed by atoms with Crippen molar-refractivity contribution in [2.45, 2.75) is 25.3 Å². The summed E-state index contributed by atoms with van der Waals surface area (Å²) in [4.78, 5) is 8.43. The number of fused-ring (bicyclic) bond motifs is 2. The van der Waals surface area contributed by atoms with Crippen molar-refractivity contribution in [2.24, 2.45) is 11.8 Å². The maximum atomic E-state index is 13.3. The molecule has 4 rings (SSSR count). The van der Waals surface area contributed by atoms with Crippen LogP contribution in [0.5, 0.6) is 0 Å². The number of halogens is 1. The van der Waals surface area contributed by atoms with E-state index < -0.39 is 0 Å². The fraction of sp³-hybridized carbons (Fsp3) is 0.429. The lowest BCUT2D eigenvalue weighted by atomic mass is 10.2. The molecule has 0 radical (unpaired) electrons. The van der Waals surface area contributed by atoms with Crippen LogP contribution in [0.3, 0.4) is 0 Å². The lowest BCUT2D eigenvalue weighted by Gasteiger charge is -2.09. The van der Waals surface area contributed by atoms with Crippen LogP contribution >= 0.6 is 0 Å². The number of hydrogen-bond donors (Lipinski definition) is 1. The first kappa shape index (κ1) is 10.2. The van der Waals surface area contributed by atoms with Crippen LogP contribution in [0.25, 0.3) is 10.9 Å². The molecule has 0 spiro atoms. The van der Waals surface area contributed by atoms with E-state index >= 15 is 0 Å². The van der Waals surface area contributed by atoms with Gasteiger partial charge in [0.05, 0.1) is 5.52 Å². The van der Waals surface area contributed by atoms with E-state index in [9.17, 15) is 4.39 Å². The first-order valence-corrected chi connectivity index (χ1v) is 6.50. The van der Waals surface area contributed by atoms with Crippen molar-refractivity contribution in [3.05, 3.63) is 30.3 Å². The minimum Gasteiger partial charge on any atom is -0.366 e. The topological polar surface area (TPSA) is 37.8 Å². The maximum Gasteiger partial charge on any atom is 0.137 e. The normalized spacial score (nSPS) is 29.3. The Labute approximate surface area is 104 Å². The fourth-order valence-corrected chi connectivity index (χ4v) is 3.34. The van der Waals surface area contributed by atoms with Gasteiger partial charge in [-0.2, -0.15) is 0 Å². The largest absolute Gasteiger partial charge is 0.366 e. The molecule has 1 unspecified atom stereocenters. The lowest BCUT2D eigenvalue weighted by molar-refractivity contribution is 0.629. The molecule has 0 amide bonds. The standard InChI is InChI=1S/C14H14FN3/c15-8-4-5-12-11(6-8)14(17-7-16-12)18-13-9-2-1-3-10(9)13/h4-7,9-10,13H,1-3H2,(H,16,17,18)/t9-,10+,13?. The van der Waals surface area contributed by atoms with Crippen LogP contribution in [0.4, 0.5) is 10.2 Å². The molecule has 92 valence electrons. The van der Waals surface area contributed by atoms with E-state index in [0.29, 0.717) is 6.04 Å². The third-order valence-corrected chi connectivity index (χ3v) is 4.31. The molecular weight excluding hydrogens is 229 g/mol. The van der Waals surface area contributed by atoms with Crippen molar-refractivity contribution in [2.75, 3.05) is 5.32 Å². The highest BCUT2D eigenvalue weighted by molar-refractivity contribution is 5.89. The quantitative estimate of drug-likeness (QED) is 0.881. The summed E-state index contributed by atoms with van der Waals surface area (Å²) in [5, 5.41) is 4.25. The molecule has 18 heavy (non-hydrogen) atoms. The first-order chi connectivity index (χ1) is 8.83. The van der Waals surface area contributed by atoms with Crippen molar-refractivity contribution < 1.29 is 4.39 Å². The summed E-state index contributed by atoms with van der Waals surface area (Å²) in [5.41, 5.74) is 0.791. The third-order valence-electron chi connectivity index (χ3n) is 4.31. The Balaban J connectivity index is 1.69. The van der Waals surface area contributed by atoms with Crippen LogP contribution in [0, 0.1) is 17.7 Å². The highest BCUT2D eigenvalue weighted by Crippen LogP contribution is 2.53. The van der Waals surface area contributed by atoms with Crippen LogP contribution in [0.1, 0.15) is 19.3 Å². The average molecular weight is 243 g/mol. The molecule has 2 aromatic rings. The second-order valence-electron chi connectivity index (χ2n) is 5.31. The SMILES string of the molecule is Fc1ccc2ncnc(NC3[C@H]4CCC[C@@H]34)c2c1. The second-order valence-corrected chi connectivity index (χ2v) is 5.31. The van der Waals surface area contributed by atoms with Crippen LogP contribution in [-0.4, -0.2) is 16.0 Å². The molecule has 1 aromatic heterocycles. The molecule has 3 nitrogen and oxygen atoms in total. The summed E-state index contributed by atoms with van der Waals surface area (Å²) in [6, 6.07) is 5.19. The van der Waals surface area contributed by atoms with E-state index in [1.807, 2.05) is 0 Å². The van der Waals surface area contributed by atoms with Gasteiger partial charge in [-0.1, -0.05) is 6.42 Å². The Bertz CT molecular complexity index is 603. The molecule has 0 aliphatic heterocycles. The summed E-state index contributed by atoms with van der Waals surface area (Å²) < 4.78 is 13.3. The third kappa shape index (κ3) is 1.48. The van der Waals surface area contributed by atoms with E-state index in [2.05, 4.69) is 15.3 Å². The zero-order valence-corrected chi connectivity index (χ0v) is 9.94. The van der Waals surface area contributed by atoms with Crippen molar-refractivity contribution in [3.63, 3.8) is 0 Å². The van der Waals surface area contributed by atoms with Crippen LogP contribution in [0.15, 0.2) is 24.5 Å². The first-order valence-electron chi connectivity index (χ1n) is 6.50. The molecule has 0 bridgehead atoms. The Morgan fingerprint density at radius 1 is 1.17 bits per heavy atom. The molecule has 2 aliphatic rings. The van der Waals surface area contributed by atoms with E-state index in [4.69, 9.17) is 0 Å². The van der Waals surface area contributed by atoms with Gasteiger partial charge in [0.15, 0.2) is 0 Å². The van der Waals surface area contributed by atoms with E-state index in [1.165, 1.54) is 31.4 Å². The Kier molecular flexibility index (Phi) is 2.07. The van der Waals surface area contributed by atoms with Gasteiger partial charge in [0, 0.05) is 11.4 Å². The average Bonchev–Trinajstić information content (AvgIpc) is 2.83. The summed E-state index contributed by atoms with van der Waals surface area (Å²) >= 11 is 0. The monoisotopic (exact) mass is 243 g/mol. The van der Waals surface area contributed by atoms with Crippen molar-refractivity contribution >= 4 is 16.7 Å². The summed E-state index contributed by atoms with van der Waals surface area (Å²) in [5.74, 6) is 2.15. The van der Waals surface area contributed by atoms with Gasteiger partial charge in [-0.3, -0.25) is 0 Å². The van der Waals surface area contributed by atoms with Gasteiger partial charge in [-0.15, -0.1) is 0 Å². The minimum atomic E-state index is -0.239. The van der Waals surface area contributed by atoms with Crippen molar-refractivity contribution in [3.8, 4) is 0 Å². The summed E-state index contributed by atoms with van der Waals surface area (Å²) in [6.07, 6.45) is 5.53. The lowest BCUT2D eigenvalue weighted by Crippen LogP contribution is -2.10. The number of hydrogen-bond acceptors (Lipinski definition) is 3. The van der Waals surface area contributed by atoms with E-state index in [1.54, 1.807) is 12.4 Å². The van der Waals surface area contributed by atoms with Gasteiger partial charge in [0.2, 0.25) is 0 Å². The number of aromatic nitrogens is 2. The Morgan fingerprint density at radius 3 is 2.83 bits per heavy atom. The fourth-order valence-electron chi connectivity index (χ4n) is 3.34. The predicted octanol–water partition coefficient (Wildman–Crippen LogP) is 2.98. The predicted molar refractivity (Wildman–Crippen MR) is 67.7 cm³/mol. The molecule has 1 heterocycles. The zero-order valence-electron chi connectivity index (χ0n) is 9.94. The van der Waals surface area contributed by atoms with Gasteiger partial charge < -0.3 is 5.32 Å². The Morgan fingerprint density at radius 2 is 2.00 bits per heavy atom. The van der Waals surface area contributed by atoms with Gasteiger partial charge in [0.1, 0.15) is 18.0 Å². The second kappa shape index (κ2) is 3.64. The molecule has 1 N–H and O–H groups in total. The van der Waals surface area contributed by atoms with Crippen LogP contribution in [0.2, 0.25) is 0 Å². The number of nitrogens with zero attached hydrogens (tertiary/aromatic N) is 2. The van der Waals surface area contributed by atoms with Crippen molar-refractivity contribution in [1.82, 2.24) is 9.97 Å². The molecule has 0 saturated heterocycles. The molecule has 2 saturated carbocycles. The Hall–Kier alpha value is -1.71. The molecule has 2 aliphatic carbocycles. The minimum absolute atomic E-state index is 0.239. The molecule has 4 heteroatoms. The van der Waals surface area contributed by atoms with Gasteiger partial charge in [0.25, 0.3) is 0 Å². The molecule has 3 atom stereocenters. The molecule has 1 aromatic carbocycles. The number of benzene rings is 1. The number of rotatable bonds is 2. The van der Waals surface area contributed by atoms with Crippen molar-refractivity contribution in [1.29, 1.82) is 0 Å². The van der Waals surface area contributed by atoms with Gasteiger partial charge in [-0.25, -0.2) is 14.4 Å². The number of nitrogens with one attached hydrogen (secondary N) is 1. The van der Waals surface area contributed by atoms with Crippen LogP contribution < -0.4 is 5.32 Å².